The SMILES string of the molecule is O=C(CCC1CCCC1)Nc1cccc(S(=O)(=O)N2CCCCC2)c1. The van der Waals surface area contributed by atoms with E-state index in [1.165, 1.54) is 25.7 Å². The molecule has 1 heterocycles. The van der Waals surface area contributed by atoms with Gasteiger partial charge in [0, 0.05) is 25.2 Å². The number of benzene rings is 1. The van der Waals surface area contributed by atoms with Crippen LogP contribution in [0.3, 0.4) is 0 Å². The molecule has 3 rings (SSSR count). The maximum absolute atomic E-state index is 12.7. The van der Waals surface area contributed by atoms with E-state index in [-0.39, 0.29) is 10.8 Å². The number of nitrogens with one attached hydrogen (secondary N) is 1. The molecule has 0 aromatic heterocycles. The van der Waals surface area contributed by atoms with Gasteiger partial charge in [-0.05, 0) is 43.4 Å². The second-order valence-electron chi connectivity index (χ2n) is 7.23. The van der Waals surface area contributed by atoms with Gasteiger partial charge in [0.1, 0.15) is 0 Å². The molecule has 0 spiro atoms. The van der Waals surface area contributed by atoms with Crippen molar-refractivity contribution in [3.8, 4) is 0 Å². The minimum Gasteiger partial charge on any atom is -0.326 e. The number of nitrogens with zero attached hydrogens (tertiary/aromatic N) is 1. The summed E-state index contributed by atoms with van der Waals surface area (Å²) in [7, 11) is -3.46. The normalized spacial score (nSPS) is 19.8. The second kappa shape index (κ2) is 8.32. The van der Waals surface area contributed by atoms with Crippen molar-refractivity contribution in [2.75, 3.05) is 18.4 Å². The van der Waals surface area contributed by atoms with Crippen LogP contribution in [0.2, 0.25) is 0 Å². The van der Waals surface area contributed by atoms with E-state index in [0.717, 1.165) is 25.7 Å². The van der Waals surface area contributed by atoms with E-state index >= 15 is 0 Å². The predicted octanol–water partition coefficient (Wildman–Crippen LogP) is 3.77. The zero-order chi connectivity index (χ0) is 17.7. The van der Waals surface area contributed by atoms with Crippen molar-refractivity contribution >= 4 is 21.6 Å². The Morgan fingerprint density at radius 3 is 2.52 bits per heavy atom. The lowest BCUT2D eigenvalue weighted by atomic mass is 10.0. The summed E-state index contributed by atoms with van der Waals surface area (Å²) in [5.41, 5.74) is 0.564. The van der Waals surface area contributed by atoms with Gasteiger partial charge in [0.15, 0.2) is 0 Å². The smallest absolute Gasteiger partial charge is 0.243 e. The van der Waals surface area contributed by atoms with Gasteiger partial charge in [-0.3, -0.25) is 4.79 Å². The van der Waals surface area contributed by atoms with Crippen molar-refractivity contribution in [3.63, 3.8) is 0 Å². The molecule has 6 heteroatoms. The van der Waals surface area contributed by atoms with Gasteiger partial charge in [0.25, 0.3) is 0 Å². The van der Waals surface area contributed by atoms with Gasteiger partial charge >= 0.3 is 0 Å². The third-order valence-corrected chi connectivity index (χ3v) is 7.22. The Labute approximate surface area is 150 Å². The molecule has 2 aliphatic rings. The van der Waals surface area contributed by atoms with Gasteiger partial charge in [-0.15, -0.1) is 0 Å². The maximum Gasteiger partial charge on any atom is 0.243 e. The Kier molecular flexibility index (Phi) is 6.12. The molecule has 1 saturated heterocycles. The van der Waals surface area contributed by atoms with Gasteiger partial charge in [0.2, 0.25) is 15.9 Å². The van der Waals surface area contributed by atoms with E-state index in [2.05, 4.69) is 5.32 Å². The summed E-state index contributed by atoms with van der Waals surface area (Å²) in [4.78, 5) is 12.4. The summed E-state index contributed by atoms with van der Waals surface area (Å²) in [5, 5.41) is 2.86. The summed E-state index contributed by atoms with van der Waals surface area (Å²) < 4.78 is 27.0. The minimum absolute atomic E-state index is 0.0283. The fraction of sp³-hybridized carbons (Fsp3) is 0.632. The van der Waals surface area contributed by atoms with Crippen LogP contribution in [-0.4, -0.2) is 31.7 Å². The summed E-state index contributed by atoms with van der Waals surface area (Å²) in [6.45, 7) is 1.17. The number of amides is 1. The van der Waals surface area contributed by atoms with Gasteiger partial charge in [-0.2, -0.15) is 4.31 Å². The third kappa shape index (κ3) is 4.82. The van der Waals surface area contributed by atoms with Crippen LogP contribution in [0.1, 0.15) is 57.8 Å². The number of hydrogen-bond acceptors (Lipinski definition) is 3. The molecule has 0 radical (unpaired) electrons. The lowest BCUT2D eigenvalue weighted by molar-refractivity contribution is -0.116. The van der Waals surface area contributed by atoms with Crippen LogP contribution in [0, 0.1) is 5.92 Å². The van der Waals surface area contributed by atoms with Crippen molar-refractivity contribution in [2.45, 2.75) is 62.7 Å². The summed E-state index contributed by atoms with van der Waals surface area (Å²) in [6, 6.07) is 6.64. The maximum atomic E-state index is 12.7. The molecule has 1 aromatic carbocycles. The topological polar surface area (TPSA) is 66.5 Å². The molecule has 138 valence electrons. The highest BCUT2D eigenvalue weighted by Gasteiger charge is 2.26. The molecule has 0 bridgehead atoms. The molecule has 1 amide bonds. The Morgan fingerprint density at radius 2 is 1.80 bits per heavy atom. The first kappa shape index (κ1) is 18.4. The molecule has 0 atom stereocenters. The number of anilines is 1. The van der Waals surface area contributed by atoms with Crippen molar-refractivity contribution in [1.82, 2.24) is 4.31 Å². The van der Waals surface area contributed by atoms with E-state index in [1.807, 2.05) is 0 Å². The fourth-order valence-corrected chi connectivity index (χ4v) is 5.41. The first-order chi connectivity index (χ1) is 12.1. The van der Waals surface area contributed by atoms with Crippen LogP contribution >= 0.6 is 0 Å². The van der Waals surface area contributed by atoms with E-state index in [9.17, 15) is 13.2 Å². The van der Waals surface area contributed by atoms with Crippen LogP contribution in [0.5, 0.6) is 0 Å². The zero-order valence-electron chi connectivity index (χ0n) is 14.7. The van der Waals surface area contributed by atoms with Crippen LogP contribution in [0.15, 0.2) is 29.2 Å². The number of carbonyl (C=O) groups is 1. The van der Waals surface area contributed by atoms with Crippen LogP contribution in [0.25, 0.3) is 0 Å². The number of carbonyl (C=O) groups excluding carboxylic acids is 1. The number of hydrogen-bond donors (Lipinski definition) is 1. The van der Waals surface area contributed by atoms with Gasteiger partial charge in [-0.25, -0.2) is 8.42 Å². The highest BCUT2D eigenvalue weighted by atomic mass is 32.2. The summed E-state index contributed by atoms with van der Waals surface area (Å²) >= 11 is 0. The summed E-state index contributed by atoms with van der Waals surface area (Å²) in [5.74, 6) is 0.649. The van der Waals surface area contributed by atoms with E-state index in [1.54, 1.807) is 28.6 Å². The molecular weight excluding hydrogens is 336 g/mol. The first-order valence-electron chi connectivity index (χ1n) is 9.46. The Balaban J connectivity index is 1.61. The molecule has 1 N–H and O–H groups in total. The largest absolute Gasteiger partial charge is 0.326 e. The zero-order valence-corrected chi connectivity index (χ0v) is 15.6. The second-order valence-corrected chi connectivity index (χ2v) is 9.17. The average Bonchev–Trinajstić information content (AvgIpc) is 3.14. The van der Waals surface area contributed by atoms with Gasteiger partial charge in [0.05, 0.1) is 4.90 Å². The monoisotopic (exact) mass is 364 g/mol. The van der Waals surface area contributed by atoms with Crippen LogP contribution in [0.4, 0.5) is 5.69 Å². The Morgan fingerprint density at radius 1 is 1.08 bits per heavy atom. The van der Waals surface area contributed by atoms with Crippen molar-refractivity contribution < 1.29 is 13.2 Å². The number of piperidine rings is 1. The lowest BCUT2D eigenvalue weighted by Gasteiger charge is -2.26. The van der Waals surface area contributed by atoms with Crippen LogP contribution < -0.4 is 5.32 Å². The standard InChI is InChI=1S/C19H28N2O3S/c22-19(12-11-16-7-2-3-8-16)20-17-9-6-10-18(15-17)25(23,24)21-13-4-1-5-14-21/h6,9-10,15-16H,1-5,7-8,11-14H2,(H,20,22). The van der Waals surface area contributed by atoms with E-state index < -0.39 is 10.0 Å². The van der Waals surface area contributed by atoms with Gasteiger partial charge in [-0.1, -0.05) is 38.2 Å². The molecule has 0 unspecified atom stereocenters. The van der Waals surface area contributed by atoms with E-state index in [0.29, 0.717) is 31.1 Å². The van der Waals surface area contributed by atoms with Crippen LogP contribution in [-0.2, 0) is 14.8 Å². The number of rotatable bonds is 6. The molecule has 1 aromatic rings. The van der Waals surface area contributed by atoms with Gasteiger partial charge < -0.3 is 5.32 Å². The predicted molar refractivity (Wildman–Crippen MR) is 98.9 cm³/mol. The Bertz CT molecular complexity index is 690. The molecule has 5 nitrogen and oxygen atoms in total. The number of sulfonamides is 1. The average molecular weight is 365 g/mol. The van der Waals surface area contributed by atoms with Crippen molar-refractivity contribution in [2.24, 2.45) is 5.92 Å². The minimum atomic E-state index is -3.46. The Hall–Kier alpha value is -1.40. The fourth-order valence-electron chi connectivity index (χ4n) is 3.85. The van der Waals surface area contributed by atoms with E-state index in [4.69, 9.17) is 0 Å². The molecule has 2 fully saturated rings. The lowest BCUT2D eigenvalue weighted by Crippen LogP contribution is -2.35. The third-order valence-electron chi connectivity index (χ3n) is 5.32. The van der Waals surface area contributed by atoms with Crippen molar-refractivity contribution in [3.05, 3.63) is 24.3 Å². The summed E-state index contributed by atoms with van der Waals surface area (Å²) in [6.07, 6.45) is 9.38. The molecule has 1 aliphatic heterocycles. The highest BCUT2D eigenvalue weighted by molar-refractivity contribution is 7.89. The highest BCUT2D eigenvalue weighted by Crippen LogP contribution is 2.29. The molecule has 1 aliphatic carbocycles. The molecule has 1 saturated carbocycles. The first-order valence-corrected chi connectivity index (χ1v) is 10.9. The van der Waals surface area contributed by atoms with Crippen molar-refractivity contribution in [1.29, 1.82) is 0 Å². The quantitative estimate of drug-likeness (QED) is 0.835. The molecular formula is C19H28N2O3S. The molecule has 25 heavy (non-hydrogen) atoms.